The van der Waals surface area contributed by atoms with Crippen LogP contribution in [0.1, 0.15) is 31.4 Å². The molecule has 1 heterocycles. The Hall–Kier alpha value is -2.40. The smallest absolute Gasteiger partial charge is 0.224 e. The number of rotatable bonds is 6. The number of hydrogen-bond acceptors (Lipinski definition) is 3. The van der Waals surface area contributed by atoms with Gasteiger partial charge < -0.3 is 9.64 Å². The van der Waals surface area contributed by atoms with Gasteiger partial charge in [0.05, 0.1) is 7.11 Å². The highest BCUT2D eigenvalue weighted by atomic mass is 19.1. The molecule has 1 aliphatic rings. The molecule has 150 valence electrons. The molecule has 5 heteroatoms. The molecule has 4 nitrogen and oxygen atoms in total. The molecule has 0 aromatic heterocycles. The number of benzene rings is 2. The molecule has 0 N–H and O–H groups in total. The van der Waals surface area contributed by atoms with Crippen LogP contribution in [0.4, 0.5) is 4.39 Å². The molecule has 2 aromatic rings. The van der Waals surface area contributed by atoms with Gasteiger partial charge in [0.2, 0.25) is 5.91 Å². The zero-order valence-electron chi connectivity index (χ0n) is 16.9. The Balaban J connectivity index is 1.76. The van der Waals surface area contributed by atoms with Crippen LogP contribution in [0.25, 0.3) is 0 Å². The summed E-state index contributed by atoms with van der Waals surface area (Å²) in [5.74, 6) is 1.09. The molecular weight excluding hydrogens is 355 g/mol. The van der Waals surface area contributed by atoms with E-state index in [-0.39, 0.29) is 17.8 Å². The van der Waals surface area contributed by atoms with E-state index in [1.807, 2.05) is 23.1 Å². The van der Waals surface area contributed by atoms with Crippen molar-refractivity contribution in [3.05, 3.63) is 65.5 Å². The van der Waals surface area contributed by atoms with Gasteiger partial charge in [0.15, 0.2) is 0 Å². The second kappa shape index (κ2) is 9.20. The van der Waals surface area contributed by atoms with Gasteiger partial charge in [-0.05, 0) is 41.3 Å². The Kier molecular flexibility index (Phi) is 6.68. The van der Waals surface area contributed by atoms with E-state index in [1.165, 1.54) is 17.7 Å². The predicted molar refractivity (Wildman–Crippen MR) is 108 cm³/mol. The molecule has 1 amide bonds. The van der Waals surface area contributed by atoms with Crippen molar-refractivity contribution in [1.29, 1.82) is 0 Å². The highest BCUT2D eigenvalue weighted by Gasteiger charge is 2.31. The third-order valence-corrected chi connectivity index (χ3v) is 5.38. The summed E-state index contributed by atoms with van der Waals surface area (Å²) >= 11 is 0. The third-order valence-electron chi connectivity index (χ3n) is 5.38. The molecule has 0 unspecified atom stereocenters. The van der Waals surface area contributed by atoms with Gasteiger partial charge in [-0.1, -0.05) is 38.1 Å². The molecule has 1 fully saturated rings. The van der Waals surface area contributed by atoms with Crippen molar-refractivity contribution >= 4 is 5.91 Å². The van der Waals surface area contributed by atoms with Gasteiger partial charge in [-0.25, -0.2) is 4.39 Å². The molecule has 0 aliphatic carbocycles. The molecule has 0 bridgehead atoms. The second-order valence-corrected chi connectivity index (χ2v) is 7.80. The van der Waals surface area contributed by atoms with Crippen molar-refractivity contribution in [2.45, 2.75) is 39.4 Å². The van der Waals surface area contributed by atoms with Crippen LogP contribution in [-0.2, 0) is 17.9 Å². The minimum absolute atomic E-state index is 0.116. The maximum Gasteiger partial charge on any atom is 0.224 e. The summed E-state index contributed by atoms with van der Waals surface area (Å²) in [6.07, 6.45) is 0.494. The average molecular weight is 384 g/mol. The van der Waals surface area contributed by atoms with Crippen LogP contribution in [-0.4, -0.2) is 41.9 Å². The summed E-state index contributed by atoms with van der Waals surface area (Å²) in [6, 6.07) is 14.6. The van der Waals surface area contributed by atoms with Crippen LogP contribution in [0, 0.1) is 11.7 Å². The average Bonchev–Trinajstić information content (AvgIpc) is 2.84. The quantitative estimate of drug-likeness (QED) is 0.752. The van der Waals surface area contributed by atoms with E-state index in [2.05, 4.69) is 24.8 Å². The number of hydrogen-bond donors (Lipinski definition) is 0. The van der Waals surface area contributed by atoms with Crippen molar-refractivity contribution in [3.8, 4) is 5.75 Å². The fourth-order valence-electron chi connectivity index (χ4n) is 3.77. The first-order valence-corrected chi connectivity index (χ1v) is 9.85. The van der Waals surface area contributed by atoms with Crippen molar-refractivity contribution in [1.82, 2.24) is 9.80 Å². The molecule has 3 rings (SSSR count). The first-order chi connectivity index (χ1) is 13.5. The van der Waals surface area contributed by atoms with E-state index >= 15 is 0 Å². The Bertz CT molecular complexity index is 791. The van der Waals surface area contributed by atoms with E-state index in [1.54, 1.807) is 19.2 Å². The number of halogens is 1. The number of amides is 1. The molecule has 2 aromatic carbocycles. The Labute approximate surface area is 166 Å². The summed E-state index contributed by atoms with van der Waals surface area (Å²) in [5, 5.41) is 0. The van der Waals surface area contributed by atoms with Crippen molar-refractivity contribution in [2.75, 3.05) is 20.2 Å². The lowest BCUT2D eigenvalue weighted by molar-refractivity contribution is -0.134. The minimum Gasteiger partial charge on any atom is -0.497 e. The summed E-state index contributed by atoms with van der Waals surface area (Å²) in [5.41, 5.74) is 2.14. The van der Waals surface area contributed by atoms with Gasteiger partial charge in [-0.15, -0.1) is 0 Å². The van der Waals surface area contributed by atoms with E-state index in [9.17, 15) is 9.18 Å². The largest absolute Gasteiger partial charge is 0.497 e. The lowest BCUT2D eigenvalue weighted by Crippen LogP contribution is -2.45. The monoisotopic (exact) mass is 384 g/mol. The van der Waals surface area contributed by atoms with Gasteiger partial charge in [-0.2, -0.15) is 0 Å². The topological polar surface area (TPSA) is 32.8 Å². The fraction of sp³-hybridized carbons (Fsp3) is 0.435. The summed E-state index contributed by atoms with van der Waals surface area (Å²) in [4.78, 5) is 17.2. The van der Waals surface area contributed by atoms with Gasteiger partial charge in [-0.3, -0.25) is 9.69 Å². The molecule has 0 radical (unpaired) electrons. The highest BCUT2D eigenvalue weighted by Crippen LogP contribution is 2.23. The molecular formula is C23H29FN2O2. The Morgan fingerprint density at radius 1 is 1.11 bits per heavy atom. The number of carbonyl (C=O) groups is 1. The highest BCUT2D eigenvalue weighted by molar-refractivity contribution is 5.77. The molecule has 0 spiro atoms. The zero-order chi connectivity index (χ0) is 20.1. The fourth-order valence-corrected chi connectivity index (χ4v) is 3.77. The van der Waals surface area contributed by atoms with E-state index in [0.29, 0.717) is 18.9 Å². The number of ether oxygens (including phenoxy) is 1. The molecule has 1 aliphatic heterocycles. The van der Waals surface area contributed by atoms with Gasteiger partial charge >= 0.3 is 0 Å². The first kappa shape index (κ1) is 20.3. The Morgan fingerprint density at radius 2 is 1.86 bits per heavy atom. The van der Waals surface area contributed by atoms with Crippen molar-refractivity contribution in [3.63, 3.8) is 0 Å². The SMILES string of the molecule is COc1cccc(CN2CCC(=O)N(Cc3ccc(F)cc3)[C@H](C(C)C)C2)c1. The van der Waals surface area contributed by atoms with Crippen LogP contribution in [0.3, 0.4) is 0 Å². The molecule has 28 heavy (non-hydrogen) atoms. The molecule has 1 atom stereocenters. The Morgan fingerprint density at radius 3 is 2.54 bits per heavy atom. The summed E-state index contributed by atoms with van der Waals surface area (Å²) in [7, 11) is 1.67. The summed E-state index contributed by atoms with van der Waals surface area (Å²) < 4.78 is 18.6. The minimum atomic E-state index is -0.254. The van der Waals surface area contributed by atoms with Gasteiger partial charge in [0.25, 0.3) is 0 Å². The third kappa shape index (κ3) is 5.10. The van der Waals surface area contributed by atoms with Gasteiger partial charge in [0, 0.05) is 38.6 Å². The number of methoxy groups -OCH3 is 1. The van der Waals surface area contributed by atoms with Crippen molar-refractivity contribution in [2.24, 2.45) is 5.92 Å². The maximum atomic E-state index is 13.2. The van der Waals surface area contributed by atoms with E-state index < -0.39 is 0 Å². The van der Waals surface area contributed by atoms with Crippen LogP contribution < -0.4 is 4.74 Å². The standard InChI is InChI=1S/C23H29FN2O2/c1-17(2)22-16-25(14-19-5-4-6-21(13-19)28-3)12-11-23(27)26(22)15-18-7-9-20(24)10-8-18/h4-10,13,17,22H,11-12,14-16H2,1-3H3/t22-/m0/s1. The van der Waals surface area contributed by atoms with Crippen LogP contribution >= 0.6 is 0 Å². The lowest BCUT2D eigenvalue weighted by Gasteiger charge is -2.35. The number of nitrogens with zero attached hydrogens (tertiary/aromatic N) is 2. The zero-order valence-corrected chi connectivity index (χ0v) is 16.9. The van der Waals surface area contributed by atoms with E-state index in [0.717, 1.165) is 30.9 Å². The molecule has 1 saturated heterocycles. The lowest BCUT2D eigenvalue weighted by atomic mass is 10.0. The van der Waals surface area contributed by atoms with Crippen LogP contribution in [0.2, 0.25) is 0 Å². The predicted octanol–water partition coefficient (Wildman–Crippen LogP) is 4.09. The second-order valence-electron chi connectivity index (χ2n) is 7.80. The van der Waals surface area contributed by atoms with Crippen molar-refractivity contribution < 1.29 is 13.9 Å². The normalized spacial score (nSPS) is 18.4. The maximum absolute atomic E-state index is 13.2. The van der Waals surface area contributed by atoms with E-state index in [4.69, 9.17) is 4.74 Å². The van der Waals surface area contributed by atoms with Crippen LogP contribution in [0.15, 0.2) is 48.5 Å². The first-order valence-electron chi connectivity index (χ1n) is 9.85. The number of carbonyl (C=O) groups excluding carboxylic acids is 1. The van der Waals surface area contributed by atoms with Gasteiger partial charge in [0.1, 0.15) is 11.6 Å². The van der Waals surface area contributed by atoms with Crippen LogP contribution in [0.5, 0.6) is 5.75 Å². The molecule has 0 saturated carbocycles. The summed E-state index contributed by atoms with van der Waals surface area (Å²) in [6.45, 7) is 7.18.